The van der Waals surface area contributed by atoms with E-state index in [-0.39, 0.29) is 24.3 Å². The Bertz CT molecular complexity index is 1190. The molecule has 3 aromatic rings. The summed E-state index contributed by atoms with van der Waals surface area (Å²) in [5.41, 5.74) is 0.0985. The Labute approximate surface area is 172 Å². The van der Waals surface area contributed by atoms with Crippen molar-refractivity contribution >= 4 is 28.4 Å². The van der Waals surface area contributed by atoms with Crippen LogP contribution in [0.4, 0.5) is 5.69 Å². The van der Waals surface area contributed by atoms with Crippen LogP contribution in [0, 0.1) is 5.92 Å². The molecule has 30 heavy (non-hydrogen) atoms. The van der Waals surface area contributed by atoms with Gasteiger partial charge < -0.3 is 15.2 Å². The average Bonchev–Trinajstić information content (AvgIpc) is 2.77. The van der Waals surface area contributed by atoms with Gasteiger partial charge in [0, 0.05) is 24.7 Å². The predicted molar refractivity (Wildman–Crippen MR) is 113 cm³/mol. The zero-order chi connectivity index (χ0) is 21.1. The smallest absolute Gasteiger partial charge is 0.329 e. The third kappa shape index (κ3) is 4.03. The monoisotopic (exact) mass is 406 g/mol. The maximum absolute atomic E-state index is 12.7. The van der Waals surface area contributed by atoms with Crippen LogP contribution in [0.2, 0.25) is 0 Å². The summed E-state index contributed by atoms with van der Waals surface area (Å²) < 4.78 is 0.929. The Hall–Kier alpha value is -3.68. The zero-order valence-corrected chi connectivity index (χ0v) is 16.3. The molecule has 0 atom stereocenters. The van der Waals surface area contributed by atoms with Crippen LogP contribution in [0.5, 0.6) is 0 Å². The number of nitrogens with one attached hydrogen (secondary N) is 2. The molecule has 0 aliphatic carbocycles. The molecule has 1 aromatic heterocycles. The summed E-state index contributed by atoms with van der Waals surface area (Å²) >= 11 is 0. The van der Waals surface area contributed by atoms with Crippen molar-refractivity contribution in [3.05, 3.63) is 75.4 Å². The van der Waals surface area contributed by atoms with Gasteiger partial charge in [0.1, 0.15) is 6.54 Å². The van der Waals surface area contributed by atoms with Gasteiger partial charge in [0.15, 0.2) is 0 Å². The first-order valence-corrected chi connectivity index (χ1v) is 9.88. The summed E-state index contributed by atoms with van der Waals surface area (Å²) in [6.07, 6.45) is 1.07. The topological polar surface area (TPSA) is 104 Å². The molecule has 154 valence electrons. The van der Waals surface area contributed by atoms with E-state index in [2.05, 4.69) is 10.3 Å². The van der Waals surface area contributed by atoms with Crippen LogP contribution in [0.3, 0.4) is 0 Å². The fraction of sp³-hybridized carbons (Fsp3) is 0.273. The van der Waals surface area contributed by atoms with Crippen molar-refractivity contribution in [2.45, 2.75) is 19.4 Å². The van der Waals surface area contributed by atoms with Gasteiger partial charge in [0.2, 0.25) is 11.8 Å². The first-order valence-electron chi connectivity index (χ1n) is 9.88. The maximum atomic E-state index is 12.7. The molecule has 1 saturated heterocycles. The van der Waals surface area contributed by atoms with Crippen molar-refractivity contribution in [2.24, 2.45) is 5.92 Å². The molecule has 0 saturated carbocycles. The summed E-state index contributed by atoms with van der Waals surface area (Å²) in [4.78, 5) is 54.2. The Balaban J connectivity index is 1.39. The van der Waals surface area contributed by atoms with E-state index in [1.54, 1.807) is 29.2 Å². The molecule has 0 radical (unpaired) electrons. The molecule has 8 heteroatoms. The largest absolute Gasteiger partial charge is 0.341 e. The number of hydrogen-bond donors (Lipinski definition) is 2. The second-order valence-electron chi connectivity index (χ2n) is 7.38. The molecule has 2 heterocycles. The molecular weight excluding hydrogens is 384 g/mol. The van der Waals surface area contributed by atoms with E-state index >= 15 is 0 Å². The van der Waals surface area contributed by atoms with E-state index in [1.165, 1.54) is 0 Å². The Kier molecular flexibility index (Phi) is 5.47. The van der Waals surface area contributed by atoms with E-state index in [1.807, 2.05) is 30.3 Å². The van der Waals surface area contributed by atoms with Crippen molar-refractivity contribution in [3.63, 3.8) is 0 Å². The lowest BCUT2D eigenvalue weighted by Crippen LogP contribution is -2.46. The quantitative estimate of drug-likeness (QED) is 0.686. The number of anilines is 1. The average molecular weight is 406 g/mol. The lowest BCUT2D eigenvalue weighted by atomic mass is 9.95. The standard InChI is InChI=1S/C22H22N4O4/c27-19(14-26-21(29)17-8-4-5-9-18(17)24-22(26)30)25-12-10-15(11-13-25)20(28)23-16-6-2-1-3-7-16/h1-9,15H,10-14H2,(H,23,28)(H,24,30). The van der Waals surface area contributed by atoms with Crippen LogP contribution in [-0.2, 0) is 16.1 Å². The van der Waals surface area contributed by atoms with Crippen LogP contribution in [0.15, 0.2) is 64.2 Å². The third-order valence-corrected chi connectivity index (χ3v) is 5.44. The Morgan fingerprint density at radius 3 is 2.37 bits per heavy atom. The van der Waals surface area contributed by atoms with Crippen molar-refractivity contribution in [2.75, 3.05) is 18.4 Å². The molecule has 0 spiro atoms. The number of fused-ring (bicyclic) bond motifs is 1. The fourth-order valence-corrected chi connectivity index (χ4v) is 3.73. The van der Waals surface area contributed by atoms with E-state index in [4.69, 9.17) is 0 Å². The van der Waals surface area contributed by atoms with Gasteiger partial charge in [0.25, 0.3) is 5.56 Å². The molecule has 8 nitrogen and oxygen atoms in total. The minimum Gasteiger partial charge on any atom is -0.341 e. The number of piperidine rings is 1. The van der Waals surface area contributed by atoms with Crippen molar-refractivity contribution in [3.8, 4) is 0 Å². The molecule has 2 amide bonds. The first-order chi connectivity index (χ1) is 14.5. The molecule has 1 aliphatic rings. The third-order valence-electron chi connectivity index (χ3n) is 5.44. The highest BCUT2D eigenvalue weighted by Crippen LogP contribution is 2.19. The van der Waals surface area contributed by atoms with Crippen molar-refractivity contribution in [1.29, 1.82) is 0 Å². The highest BCUT2D eigenvalue weighted by atomic mass is 16.2. The molecule has 2 aromatic carbocycles. The highest BCUT2D eigenvalue weighted by molar-refractivity contribution is 5.92. The van der Waals surface area contributed by atoms with Gasteiger partial charge in [-0.15, -0.1) is 0 Å². The molecule has 4 rings (SSSR count). The number of aromatic amines is 1. The minimum atomic E-state index is -0.607. The minimum absolute atomic E-state index is 0.0597. The van der Waals surface area contributed by atoms with Crippen molar-refractivity contribution < 1.29 is 9.59 Å². The second-order valence-corrected chi connectivity index (χ2v) is 7.38. The van der Waals surface area contributed by atoms with Gasteiger partial charge in [0.05, 0.1) is 10.9 Å². The lowest BCUT2D eigenvalue weighted by Gasteiger charge is -2.31. The maximum Gasteiger partial charge on any atom is 0.329 e. The molecule has 0 bridgehead atoms. The van der Waals surface area contributed by atoms with E-state index in [0.717, 1.165) is 10.3 Å². The van der Waals surface area contributed by atoms with Gasteiger partial charge in [-0.1, -0.05) is 30.3 Å². The van der Waals surface area contributed by atoms with Gasteiger partial charge in [-0.2, -0.15) is 0 Å². The molecular formula is C22H22N4O4. The van der Waals surface area contributed by atoms with E-state index in [0.29, 0.717) is 36.8 Å². The van der Waals surface area contributed by atoms with E-state index in [9.17, 15) is 19.2 Å². The number of rotatable bonds is 4. The molecule has 2 N–H and O–H groups in total. The number of amides is 2. The predicted octanol–water partition coefficient (Wildman–Crippen LogP) is 1.57. The van der Waals surface area contributed by atoms with Crippen LogP contribution in [-0.4, -0.2) is 39.4 Å². The fourth-order valence-electron chi connectivity index (χ4n) is 3.73. The summed E-state index contributed by atoms with van der Waals surface area (Å²) in [7, 11) is 0. The normalized spacial score (nSPS) is 14.6. The van der Waals surface area contributed by atoms with Gasteiger partial charge in [-0.3, -0.25) is 19.0 Å². The van der Waals surface area contributed by atoms with Gasteiger partial charge in [-0.05, 0) is 37.1 Å². The highest BCUT2D eigenvalue weighted by Gasteiger charge is 2.28. The zero-order valence-electron chi connectivity index (χ0n) is 16.3. The number of H-pyrrole nitrogens is 1. The first kappa shape index (κ1) is 19.6. The van der Waals surface area contributed by atoms with Gasteiger partial charge in [-0.25, -0.2) is 4.79 Å². The number of aromatic nitrogens is 2. The van der Waals surface area contributed by atoms with Crippen LogP contribution in [0.25, 0.3) is 10.9 Å². The number of likely N-dealkylation sites (tertiary alicyclic amines) is 1. The van der Waals surface area contributed by atoms with Crippen LogP contribution >= 0.6 is 0 Å². The van der Waals surface area contributed by atoms with Crippen LogP contribution in [0.1, 0.15) is 12.8 Å². The summed E-state index contributed by atoms with van der Waals surface area (Å²) in [5, 5.41) is 3.26. The number of nitrogens with zero attached hydrogens (tertiary/aromatic N) is 2. The summed E-state index contributed by atoms with van der Waals surface area (Å²) in [6, 6.07) is 15.9. The number of para-hydroxylation sites is 2. The second kappa shape index (κ2) is 8.36. The molecule has 1 fully saturated rings. The Morgan fingerprint density at radius 1 is 0.967 bits per heavy atom. The summed E-state index contributed by atoms with van der Waals surface area (Å²) in [5.74, 6) is -0.545. The summed E-state index contributed by atoms with van der Waals surface area (Å²) in [6.45, 7) is 0.498. The number of hydrogen-bond acceptors (Lipinski definition) is 4. The molecule has 0 unspecified atom stereocenters. The lowest BCUT2D eigenvalue weighted by molar-refractivity contribution is -0.135. The number of carbonyl (C=O) groups is 2. The number of carbonyl (C=O) groups excluding carboxylic acids is 2. The van der Waals surface area contributed by atoms with E-state index < -0.39 is 11.2 Å². The van der Waals surface area contributed by atoms with Crippen LogP contribution < -0.4 is 16.6 Å². The van der Waals surface area contributed by atoms with Gasteiger partial charge >= 0.3 is 5.69 Å². The molecule has 1 aliphatic heterocycles. The Morgan fingerprint density at radius 2 is 1.63 bits per heavy atom. The number of benzene rings is 2. The SMILES string of the molecule is O=C(Nc1ccccc1)C1CCN(C(=O)Cn2c(=O)[nH]c3ccccc3c2=O)CC1. The van der Waals surface area contributed by atoms with Crippen molar-refractivity contribution in [1.82, 2.24) is 14.5 Å².